The summed E-state index contributed by atoms with van der Waals surface area (Å²) < 4.78 is 6.11. The largest absolute Gasteiger partial charge is 0.438 e. The molecule has 0 aliphatic carbocycles. The third kappa shape index (κ3) is 5.21. The summed E-state index contributed by atoms with van der Waals surface area (Å²) in [6.45, 7) is 7.82. The van der Waals surface area contributed by atoms with E-state index in [9.17, 15) is 9.90 Å². The number of aromatic nitrogens is 1. The van der Waals surface area contributed by atoms with Crippen LogP contribution in [0.3, 0.4) is 0 Å². The van der Waals surface area contributed by atoms with Crippen molar-refractivity contribution in [2.45, 2.75) is 57.8 Å². The van der Waals surface area contributed by atoms with Crippen molar-refractivity contribution in [3.63, 3.8) is 0 Å². The lowest BCUT2D eigenvalue weighted by Gasteiger charge is -2.45. The fourth-order valence-electron chi connectivity index (χ4n) is 4.84. The van der Waals surface area contributed by atoms with E-state index < -0.39 is 11.2 Å². The molecule has 0 saturated carbocycles. The van der Waals surface area contributed by atoms with Crippen LogP contribution in [-0.4, -0.2) is 33.2 Å². The molecular formula is C29H31N3O3. The quantitative estimate of drug-likeness (QED) is 0.487. The number of pyridine rings is 1. The Morgan fingerprint density at radius 1 is 1.14 bits per heavy atom. The SMILES string of the molecule is Cc1nc(-c2ccc([C@H](C)N3CC[C@](CC(C)(C)O)(c4ccccc4)OC3=O)cc2)ccc1C#N. The lowest BCUT2D eigenvalue weighted by atomic mass is 9.80. The monoisotopic (exact) mass is 469 g/mol. The van der Waals surface area contributed by atoms with E-state index in [-0.39, 0.29) is 12.1 Å². The molecule has 6 nitrogen and oxygen atoms in total. The first-order chi connectivity index (χ1) is 16.6. The molecule has 3 aromatic rings. The Bertz CT molecular complexity index is 1240. The van der Waals surface area contributed by atoms with Gasteiger partial charge in [0.15, 0.2) is 0 Å². The predicted octanol–water partition coefficient (Wildman–Crippen LogP) is 5.89. The van der Waals surface area contributed by atoms with Gasteiger partial charge in [0.1, 0.15) is 11.7 Å². The van der Waals surface area contributed by atoms with Gasteiger partial charge in [-0.3, -0.25) is 4.98 Å². The van der Waals surface area contributed by atoms with Gasteiger partial charge < -0.3 is 14.7 Å². The maximum atomic E-state index is 13.3. The highest BCUT2D eigenvalue weighted by molar-refractivity contribution is 5.70. The molecule has 1 N–H and O–H groups in total. The van der Waals surface area contributed by atoms with Gasteiger partial charge in [0.2, 0.25) is 0 Å². The summed E-state index contributed by atoms with van der Waals surface area (Å²) in [5, 5.41) is 19.7. The average Bonchev–Trinajstić information content (AvgIpc) is 2.83. The zero-order valence-electron chi connectivity index (χ0n) is 20.7. The molecule has 4 rings (SSSR count). The van der Waals surface area contributed by atoms with E-state index in [2.05, 4.69) is 11.1 Å². The third-order valence-electron chi connectivity index (χ3n) is 6.65. The topological polar surface area (TPSA) is 86.5 Å². The molecule has 1 amide bonds. The predicted molar refractivity (Wildman–Crippen MR) is 134 cm³/mol. The molecule has 180 valence electrons. The second kappa shape index (κ2) is 9.52. The van der Waals surface area contributed by atoms with E-state index in [4.69, 9.17) is 10.00 Å². The van der Waals surface area contributed by atoms with Crippen LogP contribution >= 0.6 is 0 Å². The second-order valence-corrected chi connectivity index (χ2v) is 9.90. The Morgan fingerprint density at radius 3 is 2.40 bits per heavy atom. The number of nitrogens with zero attached hydrogens (tertiary/aromatic N) is 3. The summed E-state index contributed by atoms with van der Waals surface area (Å²) in [6, 6.07) is 23.2. The van der Waals surface area contributed by atoms with E-state index in [1.54, 1.807) is 24.8 Å². The second-order valence-electron chi connectivity index (χ2n) is 9.90. The zero-order valence-corrected chi connectivity index (χ0v) is 20.7. The lowest BCUT2D eigenvalue weighted by molar-refractivity contribution is -0.101. The Kier molecular flexibility index (Phi) is 6.64. The number of carbonyl (C=O) groups excluding carboxylic acids is 1. The van der Waals surface area contributed by atoms with Crippen LogP contribution < -0.4 is 0 Å². The first-order valence-corrected chi connectivity index (χ1v) is 11.9. The fourth-order valence-corrected chi connectivity index (χ4v) is 4.84. The van der Waals surface area contributed by atoms with Crippen LogP contribution in [0.2, 0.25) is 0 Å². The number of amides is 1. The van der Waals surface area contributed by atoms with E-state index >= 15 is 0 Å². The van der Waals surface area contributed by atoms with Gasteiger partial charge in [-0.1, -0.05) is 54.6 Å². The smallest absolute Gasteiger partial charge is 0.411 e. The van der Waals surface area contributed by atoms with Crippen molar-refractivity contribution in [3.8, 4) is 17.3 Å². The minimum Gasteiger partial charge on any atom is -0.438 e. The lowest BCUT2D eigenvalue weighted by Crippen LogP contribution is -2.51. The molecular weight excluding hydrogens is 438 g/mol. The molecule has 0 radical (unpaired) electrons. The molecule has 0 bridgehead atoms. The maximum Gasteiger partial charge on any atom is 0.411 e. The van der Waals surface area contributed by atoms with E-state index in [1.807, 2.05) is 74.5 Å². The number of aliphatic hydroxyl groups is 1. The molecule has 2 atom stereocenters. The minimum absolute atomic E-state index is 0.178. The molecule has 1 fully saturated rings. The van der Waals surface area contributed by atoms with Crippen LogP contribution in [0.1, 0.15) is 62.0 Å². The normalized spacial score (nSPS) is 19.1. The van der Waals surface area contributed by atoms with Gasteiger partial charge >= 0.3 is 6.09 Å². The van der Waals surface area contributed by atoms with Gasteiger partial charge in [0, 0.05) is 24.9 Å². The summed E-state index contributed by atoms with van der Waals surface area (Å²) in [7, 11) is 0. The van der Waals surface area contributed by atoms with Crippen molar-refractivity contribution < 1.29 is 14.6 Å². The van der Waals surface area contributed by atoms with Crippen LogP contribution in [0.4, 0.5) is 4.79 Å². The number of benzene rings is 2. The number of carbonyl (C=O) groups is 1. The van der Waals surface area contributed by atoms with Gasteiger partial charge in [0.05, 0.1) is 28.6 Å². The molecule has 1 saturated heterocycles. The summed E-state index contributed by atoms with van der Waals surface area (Å²) in [5.41, 5.74) is 3.06. The van der Waals surface area contributed by atoms with Crippen LogP contribution in [0.25, 0.3) is 11.3 Å². The molecule has 1 aliphatic rings. The molecule has 1 aliphatic heterocycles. The summed E-state index contributed by atoms with van der Waals surface area (Å²) in [5.74, 6) is 0. The molecule has 1 aromatic heterocycles. The van der Waals surface area contributed by atoms with Gasteiger partial charge in [-0.15, -0.1) is 0 Å². The van der Waals surface area contributed by atoms with E-state index in [0.717, 1.165) is 22.4 Å². The Morgan fingerprint density at radius 2 is 1.83 bits per heavy atom. The van der Waals surface area contributed by atoms with Gasteiger partial charge in [-0.2, -0.15) is 5.26 Å². The van der Waals surface area contributed by atoms with Crippen LogP contribution in [0, 0.1) is 18.3 Å². The van der Waals surface area contributed by atoms with Crippen molar-refractivity contribution in [1.29, 1.82) is 5.26 Å². The Balaban J connectivity index is 1.53. The van der Waals surface area contributed by atoms with E-state index in [1.165, 1.54) is 0 Å². The summed E-state index contributed by atoms with van der Waals surface area (Å²) in [4.78, 5) is 19.5. The minimum atomic E-state index is -0.989. The van der Waals surface area contributed by atoms with Crippen molar-refractivity contribution in [2.75, 3.05) is 6.54 Å². The maximum absolute atomic E-state index is 13.3. The standard InChI is InChI=1S/C29H31N3O3/c1-20-24(18-30)14-15-26(31-20)23-12-10-22(11-13-23)21(2)32-17-16-29(35-27(32)33,19-28(3,4)34)25-8-6-5-7-9-25/h5-15,21,34H,16-17,19H2,1-4H3/t21-,29-/m0/s1. The number of hydrogen-bond acceptors (Lipinski definition) is 5. The van der Waals surface area contributed by atoms with Crippen LogP contribution in [0.15, 0.2) is 66.7 Å². The highest BCUT2D eigenvalue weighted by Gasteiger charge is 2.46. The Labute approximate surface area is 206 Å². The first-order valence-electron chi connectivity index (χ1n) is 11.9. The van der Waals surface area contributed by atoms with Gasteiger partial charge in [-0.05, 0) is 51.0 Å². The summed E-state index contributed by atoms with van der Waals surface area (Å²) >= 11 is 0. The van der Waals surface area contributed by atoms with E-state index in [0.29, 0.717) is 30.6 Å². The highest BCUT2D eigenvalue weighted by Crippen LogP contribution is 2.42. The number of nitriles is 1. The molecule has 2 heterocycles. The zero-order chi connectivity index (χ0) is 25.2. The Hall–Kier alpha value is -3.69. The third-order valence-corrected chi connectivity index (χ3v) is 6.65. The average molecular weight is 470 g/mol. The van der Waals surface area contributed by atoms with Crippen LogP contribution in [-0.2, 0) is 10.3 Å². The summed E-state index contributed by atoms with van der Waals surface area (Å²) in [6.07, 6.45) is 0.526. The van der Waals surface area contributed by atoms with Crippen molar-refractivity contribution >= 4 is 6.09 Å². The van der Waals surface area contributed by atoms with Crippen LogP contribution in [0.5, 0.6) is 0 Å². The molecule has 6 heteroatoms. The fraction of sp³-hybridized carbons (Fsp3) is 0.345. The number of cyclic esters (lactones) is 1. The number of aryl methyl sites for hydroxylation is 1. The molecule has 35 heavy (non-hydrogen) atoms. The molecule has 0 spiro atoms. The van der Waals surface area contributed by atoms with Gasteiger partial charge in [-0.25, -0.2) is 4.79 Å². The van der Waals surface area contributed by atoms with Crippen molar-refractivity contribution in [1.82, 2.24) is 9.88 Å². The molecule has 0 unspecified atom stereocenters. The van der Waals surface area contributed by atoms with Gasteiger partial charge in [0.25, 0.3) is 0 Å². The highest BCUT2D eigenvalue weighted by atomic mass is 16.6. The molecule has 2 aromatic carbocycles. The number of hydrogen-bond donors (Lipinski definition) is 1. The first kappa shape index (κ1) is 24.4. The van der Waals surface area contributed by atoms with Crippen molar-refractivity contribution in [2.24, 2.45) is 0 Å². The number of ether oxygens (including phenoxy) is 1. The number of rotatable bonds is 6. The van der Waals surface area contributed by atoms with Crippen molar-refractivity contribution in [3.05, 3.63) is 89.1 Å².